The van der Waals surface area contributed by atoms with Gasteiger partial charge in [-0.25, -0.2) is 4.39 Å². The third-order valence-corrected chi connectivity index (χ3v) is 5.59. The number of halogens is 1. The van der Waals surface area contributed by atoms with Gasteiger partial charge in [-0.1, -0.05) is 42.5 Å². The molecule has 0 spiro atoms. The number of thioether (sulfide) groups is 1. The van der Waals surface area contributed by atoms with Gasteiger partial charge >= 0.3 is 0 Å². The highest BCUT2D eigenvalue weighted by molar-refractivity contribution is 8.00. The molecule has 1 atom stereocenters. The van der Waals surface area contributed by atoms with Gasteiger partial charge in [-0.3, -0.25) is 4.79 Å². The maximum Gasteiger partial charge on any atom is 0.277 e. The number of rotatable bonds is 8. The lowest BCUT2D eigenvalue weighted by Gasteiger charge is -2.17. The first-order valence-corrected chi connectivity index (χ1v) is 10.9. The quantitative estimate of drug-likeness (QED) is 0.345. The number of para-hydroxylation sites is 2. The van der Waals surface area contributed by atoms with Gasteiger partial charge in [0.2, 0.25) is 11.8 Å². The molecule has 1 N–H and O–H groups in total. The van der Waals surface area contributed by atoms with Crippen LogP contribution < -0.4 is 10.1 Å². The Balaban J connectivity index is 1.58. The fraction of sp³-hybridized carbons (Fsp3) is 0.125. The summed E-state index contributed by atoms with van der Waals surface area (Å²) in [7, 11) is 0. The number of nitrogens with zero attached hydrogens (tertiary/aromatic N) is 2. The van der Waals surface area contributed by atoms with E-state index in [1.165, 1.54) is 12.1 Å². The number of anilines is 1. The molecular weight excluding hydrogens is 429 g/mol. The number of hydrogen-bond acceptors (Lipinski definition) is 6. The topological polar surface area (TPSA) is 77.2 Å². The van der Waals surface area contributed by atoms with Crippen molar-refractivity contribution in [3.63, 3.8) is 0 Å². The highest BCUT2D eigenvalue weighted by Gasteiger charge is 2.26. The number of hydrogen-bond donors (Lipinski definition) is 1. The maximum absolute atomic E-state index is 13.3. The fourth-order valence-corrected chi connectivity index (χ4v) is 3.89. The minimum absolute atomic E-state index is 0.228. The highest BCUT2D eigenvalue weighted by Crippen LogP contribution is 2.37. The van der Waals surface area contributed by atoms with E-state index in [9.17, 15) is 9.18 Å². The highest BCUT2D eigenvalue weighted by atomic mass is 32.2. The zero-order valence-electron chi connectivity index (χ0n) is 17.2. The van der Waals surface area contributed by atoms with Gasteiger partial charge in [0.1, 0.15) is 16.8 Å². The molecule has 1 aromatic heterocycles. The van der Waals surface area contributed by atoms with Crippen LogP contribution in [0.25, 0.3) is 11.5 Å². The predicted molar refractivity (Wildman–Crippen MR) is 121 cm³/mol. The summed E-state index contributed by atoms with van der Waals surface area (Å²) < 4.78 is 24.5. The van der Waals surface area contributed by atoms with Crippen molar-refractivity contribution in [1.82, 2.24) is 10.2 Å². The molecule has 0 bridgehead atoms. The van der Waals surface area contributed by atoms with E-state index in [2.05, 4.69) is 15.5 Å². The average molecular weight is 450 g/mol. The van der Waals surface area contributed by atoms with Crippen molar-refractivity contribution < 1.29 is 18.3 Å². The van der Waals surface area contributed by atoms with Crippen molar-refractivity contribution in [2.24, 2.45) is 0 Å². The van der Waals surface area contributed by atoms with Crippen LogP contribution in [0.4, 0.5) is 10.1 Å². The van der Waals surface area contributed by atoms with Crippen LogP contribution in [-0.2, 0) is 4.79 Å². The summed E-state index contributed by atoms with van der Waals surface area (Å²) >= 11 is 1.14. The number of amides is 1. The van der Waals surface area contributed by atoms with E-state index in [4.69, 9.17) is 9.15 Å². The van der Waals surface area contributed by atoms with Crippen LogP contribution in [0.15, 0.2) is 88.5 Å². The number of benzene rings is 3. The van der Waals surface area contributed by atoms with Gasteiger partial charge in [-0.2, -0.15) is 0 Å². The number of aromatic nitrogens is 2. The number of carbonyl (C=O) groups is 1. The van der Waals surface area contributed by atoms with Crippen molar-refractivity contribution in [2.75, 3.05) is 11.9 Å². The Kier molecular flexibility index (Phi) is 6.81. The largest absolute Gasteiger partial charge is 0.492 e. The van der Waals surface area contributed by atoms with Gasteiger partial charge in [0.15, 0.2) is 0 Å². The smallest absolute Gasteiger partial charge is 0.277 e. The Morgan fingerprint density at radius 3 is 2.50 bits per heavy atom. The third-order valence-electron chi connectivity index (χ3n) is 4.50. The van der Waals surface area contributed by atoms with E-state index in [1.807, 2.05) is 49.4 Å². The second-order valence-corrected chi connectivity index (χ2v) is 7.76. The molecule has 4 rings (SSSR count). The van der Waals surface area contributed by atoms with E-state index in [-0.39, 0.29) is 22.8 Å². The van der Waals surface area contributed by atoms with Crippen LogP contribution in [-0.4, -0.2) is 22.7 Å². The molecular formula is C24H20FN3O3S. The molecule has 162 valence electrons. The Labute approximate surface area is 188 Å². The lowest BCUT2D eigenvalue weighted by atomic mass is 10.1. The van der Waals surface area contributed by atoms with Crippen molar-refractivity contribution in [2.45, 2.75) is 17.4 Å². The van der Waals surface area contributed by atoms with Crippen molar-refractivity contribution in [3.05, 3.63) is 90.2 Å². The molecule has 0 aliphatic carbocycles. The van der Waals surface area contributed by atoms with Gasteiger partial charge in [0, 0.05) is 5.56 Å². The summed E-state index contributed by atoms with van der Waals surface area (Å²) in [5.41, 5.74) is 1.96. The monoisotopic (exact) mass is 449 g/mol. The summed E-state index contributed by atoms with van der Waals surface area (Å²) in [6.07, 6.45) is 0. The molecule has 1 unspecified atom stereocenters. The van der Waals surface area contributed by atoms with Crippen molar-refractivity contribution in [1.29, 1.82) is 0 Å². The lowest BCUT2D eigenvalue weighted by molar-refractivity contribution is -0.115. The second-order valence-electron chi connectivity index (χ2n) is 6.71. The molecule has 0 aliphatic rings. The van der Waals surface area contributed by atoms with Gasteiger partial charge in [-0.15, -0.1) is 10.2 Å². The molecule has 0 radical (unpaired) electrons. The van der Waals surface area contributed by atoms with Crippen LogP contribution in [0.5, 0.6) is 5.75 Å². The predicted octanol–water partition coefficient (Wildman–Crippen LogP) is 5.75. The summed E-state index contributed by atoms with van der Waals surface area (Å²) in [5, 5.41) is 10.6. The second kappa shape index (κ2) is 10.1. The van der Waals surface area contributed by atoms with Gasteiger partial charge < -0.3 is 14.5 Å². The molecule has 0 aliphatic heterocycles. The maximum atomic E-state index is 13.3. The zero-order valence-corrected chi connectivity index (χ0v) is 18.0. The molecule has 0 fully saturated rings. The minimum Gasteiger partial charge on any atom is -0.492 e. The van der Waals surface area contributed by atoms with Crippen molar-refractivity contribution >= 4 is 23.4 Å². The van der Waals surface area contributed by atoms with E-state index < -0.39 is 5.25 Å². The minimum atomic E-state index is -0.646. The van der Waals surface area contributed by atoms with Gasteiger partial charge in [0.05, 0.1) is 12.3 Å². The molecule has 32 heavy (non-hydrogen) atoms. The molecule has 6 nitrogen and oxygen atoms in total. The summed E-state index contributed by atoms with van der Waals surface area (Å²) in [5.74, 6) is 0.240. The SMILES string of the molecule is CCOc1ccccc1NC(=O)C(Sc1nnc(-c2ccc(F)cc2)o1)c1ccccc1. The Bertz CT molecular complexity index is 1180. The van der Waals surface area contributed by atoms with Crippen LogP contribution >= 0.6 is 11.8 Å². The third kappa shape index (κ3) is 5.15. The molecule has 3 aromatic carbocycles. The fourth-order valence-electron chi connectivity index (χ4n) is 3.02. The lowest BCUT2D eigenvalue weighted by Crippen LogP contribution is -2.19. The van der Waals surface area contributed by atoms with Crippen LogP contribution in [0, 0.1) is 5.82 Å². The first-order chi connectivity index (χ1) is 15.6. The zero-order chi connectivity index (χ0) is 22.3. The Morgan fingerprint density at radius 2 is 1.75 bits per heavy atom. The first-order valence-electron chi connectivity index (χ1n) is 9.98. The average Bonchev–Trinajstić information content (AvgIpc) is 3.29. The van der Waals surface area contributed by atoms with Crippen LogP contribution in [0.1, 0.15) is 17.7 Å². The molecule has 8 heteroatoms. The number of nitrogens with one attached hydrogen (secondary N) is 1. The molecule has 0 saturated heterocycles. The van der Waals surface area contributed by atoms with Crippen LogP contribution in [0.2, 0.25) is 0 Å². The normalized spacial score (nSPS) is 11.7. The summed E-state index contributed by atoms with van der Waals surface area (Å²) in [4.78, 5) is 13.3. The Morgan fingerprint density at radius 1 is 1.03 bits per heavy atom. The van der Waals surface area contributed by atoms with Gasteiger partial charge in [-0.05, 0) is 60.6 Å². The molecule has 1 amide bonds. The number of ether oxygens (including phenoxy) is 1. The molecule has 4 aromatic rings. The van der Waals surface area contributed by atoms with E-state index >= 15 is 0 Å². The van der Waals surface area contributed by atoms with E-state index in [1.54, 1.807) is 24.3 Å². The van der Waals surface area contributed by atoms with E-state index in [0.29, 0.717) is 23.6 Å². The van der Waals surface area contributed by atoms with Crippen LogP contribution in [0.3, 0.4) is 0 Å². The first kappa shape index (κ1) is 21.6. The van der Waals surface area contributed by atoms with Gasteiger partial charge in [0.25, 0.3) is 5.22 Å². The molecule has 0 saturated carbocycles. The number of carbonyl (C=O) groups excluding carboxylic acids is 1. The molecule has 1 heterocycles. The van der Waals surface area contributed by atoms with Crippen molar-refractivity contribution in [3.8, 4) is 17.2 Å². The Hall–Kier alpha value is -3.65. The summed E-state index contributed by atoms with van der Waals surface area (Å²) in [6.45, 7) is 2.37. The summed E-state index contributed by atoms with van der Waals surface area (Å²) in [6, 6.07) is 22.4. The standard InChI is InChI=1S/C24H20FN3O3S/c1-2-30-20-11-7-6-10-19(20)26-22(29)21(16-8-4-3-5-9-16)32-24-28-27-23(31-24)17-12-14-18(25)15-13-17/h3-15,21H,2H2,1H3,(H,26,29). The van der Waals surface area contributed by atoms with E-state index in [0.717, 1.165) is 17.3 Å².